The number of nitrogens with one attached hydrogen (secondary N) is 1. The summed E-state index contributed by atoms with van der Waals surface area (Å²) < 4.78 is 26.8. The highest BCUT2D eigenvalue weighted by Gasteiger charge is 2.31. The molecule has 1 N–H and O–H groups in total. The Hall–Kier alpha value is -3.65. The maximum absolute atomic E-state index is 13.9. The van der Waals surface area contributed by atoms with Crippen molar-refractivity contribution in [2.24, 2.45) is 0 Å². The van der Waals surface area contributed by atoms with Crippen LogP contribution in [0.15, 0.2) is 72.8 Å². The van der Waals surface area contributed by atoms with Crippen molar-refractivity contribution in [2.75, 3.05) is 17.1 Å². The van der Waals surface area contributed by atoms with Crippen molar-refractivity contribution in [1.29, 1.82) is 0 Å². The summed E-state index contributed by atoms with van der Waals surface area (Å²) in [5.41, 5.74) is 5.47. The number of hydrogen-bond donors (Lipinski definition) is 1. The van der Waals surface area contributed by atoms with Crippen molar-refractivity contribution in [2.45, 2.75) is 72.5 Å². The Bertz CT molecular complexity index is 1420. The highest BCUT2D eigenvalue weighted by molar-refractivity contribution is 7.92. The molecule has 8 heteroatoms. The standard InChI is InChI=1S/C33H43N3O4S/c1-24(2)34-33(38)31(22-28-14-8-7-9-15-28)35(23-29-16-11-10-13-27(29)5)32(37)17-12-18-36(41(6,39)40)30-20-25(3)19-26(4)21-30/h7-11,13-16,19-21,24,31H,12,17-18,22-23H2,1-6H3,(H,34,38). The van der Waals surface area contributed by atoms with Crippen LogP contribution in [-0.2, 0) is 32.6 Å². The SMILES string of the molecule is Cc1cc(C)cc(N(CCCC(=O)N(Cc2ccccc2C)C(Cc2ccccc2)C(=O)NC(C)C)S(C)(=O)=O)c1. The summed E-state index contributed by atoms with van der Waals surface area (Å²) in [7, 11) is -3.56. The third-order valence-corrected chi connectivity index (χ3v) is 8.14. The fourth-order valence-electron chi connectivity index (χ4n) is 5.00. The quantitative estimate of drug-likeness (QED) is 0.298. The van der Waals surface area contributed by atoms with E-state index < -0.39 is 16.1 Å². The number of amides is 2. The van der Waals surface area contributed by atoms with E-state index in [-0.39, 0.29) is 37.4 Å². The van der Waals surface area contributed by atoms with E-state index >= 15 is 0 Å². The molecule has 0 aliphatic heterocycles. The van der Waals surface area contributed by atoms with Crippen LogP contribution in [0.1, 0.15) is 54.5 Å². The molecule has 0 aliphatic carbocycles. The van der Waals surface area contributed by atoms with Crippen LogP contribution in [0.5, 0.6) is 0 Å². The second-order valence-electron chi connectivity index (χ2n) is 11.1. The Labute approximate surface area is 245 Å². The first-order valence-electron chi connectivity index (χ1n) is 14.1. The van der Waals surface area contributed by atoms with Crippen LogP contribution in [0.25, 0.3) is 0 Å². The van der Waals surface area contributed by atoms with Gasteiger partial charge in [-0.15, -0.1) is 0 Å². The molecular weight excluding hydrogens is 534 g/mol. The largest absolute Gasteiger partial charge is 0.352 e. The number of hydrogen-bond acceptors (Lipinski definition) is 4. The minimum atomic E-state index is -3.56. The highest BCUT2D eigenvalue weighted by Crippen LogP contribution is 2.23. The zero-order chi connectivity index (χ0) is 30.2. The van der Waals surface area contributed by atoms with Crippen LogP contribution in [-0.4, -0.2) is 50.0 Å². The molecule has 41 heavy (non-hydrogen) atoms. The molecule has 0 saturated carbocycles. The molecule has 7 nitrogen and oxygen atoms in total. The average Bonchev–Trinajstić information content (AvgIpc) is 2.88. The molecule has 0 aliphatic rings. The lowest BCUT2D eigenvalue weighted by Crippen LogP contribution is -2.52. The predicted octanol–water partition coefficient (Wildman–Crippen LogP) is 5.32. The number of carbonyl (C=O) groups excluding carboxylic acids is 2. The Morgan fingerprint density at radius 3 is 2.07 bits per heavy atom. The van der Waals surface area contributed by atoms with Crippen molar-refractivity contribution in [3.63, 3.8) is 0 Å². The van der Waals surface area contributed by atoms with Gasteiger partial charge in [0, 0.05) is 32.0 Å². The fourth-order valence-corrected chi connectivity index (χ4v) is 5.95. The van der Waals surface area contributed by atoms with Crippen molar-refractivity contribution in [3.05, 3.63) is 101 Å². The van der Waals surface area contributed by atoms with E-state index in [1.165, 1.54) is 10.6 Å². The molecule has 0 bridgehead atoms. The van der Waals surface area contributed by atoms with E-state index in [1.807, 2.05) is 107 Å². The van der Waals surface area contributed by atoms with E-state index in [9.17, 15) is 18.0 Å². The molecule has 0 radical (unpaired) electrons. The molecule has 220 valence electrons. The van der Waals surface area contributed by atoms with Gasteiger partial charge < -0.3 is 10.2 Å². The third kappa shape index (κ3) is 9.46. The molecule has 0 aromatic heterocycles. The van der Waals surface area contributed by atoms with Gasteiger partial charge in [-0.1, -0.05) is 60.7 Å². The molecule has 0 spiro atoms. The maximum atomic E-state index is 13.9. The van der Waals surface area contributed by atoms with Crippen molar-refractivity contribution in [1.82, 2.24) is 10.2 Å². The minimum Gasteiger partial charge on any atom is -0.352 e. The number of aryl methyl sites for hydroxylation is 3. The number of anilines is 1. The first kappa shape index (κ1) is 31.9. The van der Waals surface area contributed by atoms with Gasteiger partial charge in [-0.3, -0.25) is 13.9 Å². The van der Waals surface area contributed by atoms with Crippen LogP contribution < -0.4 is 9.62 Å². The number of sulfonamides is 1. The second-order valence-corrected chi connectivity index (χ2v) is 13.0. The smallest absolute Gasteiger partial charge is 0.243 e. The molecule has 2 amide bonds. The Balaban J connectivity index is 1.90. The van der Waals surface area contributed by atoms with Crippen LogP contribution in [0.4, 0.5) is 5.69 Å². The summed E-state index contributed by atoms with van der Waals surface area (Å²) >= 11 is 0. The van der Waals surface area contributed by atoms with Crippen LogP contribution in [0.2, 0.25) is 0 Å². The zero-order valence-electron chi connectivity index (χ0n) is 25.1. The molecule has 0 fully saturated rings. The topological polar surface area (TPSA) is 86.8 Å². The lowest BCUT2D eigenvalue weighted by atomic mass is 10.0. The van der Waals surface area contributed by atoms with Crippen LogP contribution >= 0.6 is 0 Å². The second kappa shape index (κ2) is 14.3. The number of carbonyl (C=O) groups is 2. The van der Waals surface area contributed by atoms with Crippen LogP contribution in [0, 0.1) is 20.8 Å². The number of rotatable bonds is 13. The van der Waals surface area contributed by atoms with Gasteiger partial charge in [-0.2, -0.15) is 0 Å². The van der Waals surface area contributed by atoms with Gasteiger partial charge in [0.05, 0.1) is 11.9 Å². The summed E-state index contributed by atoms with van der Waals surface area (Å²) in [6.45, 7) is 10.1. The summed E-state index contributed by atoms with van der Waals surface area (Å²) in [4.78, 5) is 29.1. The molecule has 3 aromatic carbocycles. The number of nitrogens with zero attached hydrogens (tertiary/aromatic N) is 2. The Morgan fingerprint density at radius 1 is 0.878 bits per heavy atom. The van der Waals surface area contributed by atoms with Gasteiger partial charge in [-0.05, 0) is 81.0 Å². The lowest BCUT2D eigenvalue weighted by molar-refractivity contribution is -0.141. The summed E-state index contributed by atoms with van der Waals surface area (Å²) in [6.07, 6.45) is 1.97. The van der Waals surface area contributed by atoms with Gasteiger partial charge in [0.2, 0.25) is 21.8 Å². The Kier molecular flexibility index (Phi) is 11.1. The summed E-state index contributed by atoms with van der Waals surface area (Å²) in [6, 6.07) is 22.4. The van der Waals surface area contributed by atoms with E-state index in [4.69, 9.17) is 0 Å². The zero-order valence-corrected chi connectivity index (χ0v) is 25.9. The monoisotopic (exact) mass is 577 g/mol. The van der Waals surface area contributed by atoms with Crippen molar-refractivity contribution in [3.8, 4) is 0 Å². The van der Waals surface area contributed by atoms with Gasteiger partial charge >= 0.3 is 0 Å². The van der Waals surface area contributed by atoms with Gasteiger partial charge in [0.15, 0.2) is 0 Å². The third-order valence-electron chi connectivity index (χ3n) is 6.95. The summed E-state index contributed by atoms with van der Waals surface area (Å²) in [5.74, 6) is -0.402. The molecular formula is C33H43N3O4S. The fraction of sp³-hybridized carbons (Fsp3) is 0.394. The highest BCUT2D eigenvalue weighted by atomic mass is 32.2. The molecule has 0 heterocycles. The van der Waals surface area contributed by atoms with E-state index in [2.05, 4.69) is 5.32 Å². The number of benzene rings is 3. The molecule has 0 saturated heterocycles. The normalized spacial score (nSPS) is 12.2. The van der Waals surface area contributed by atoms with Gasteiger partial charge in [0.1, 0.15) is 6.04 Å². The minimum absolute atomic E-state index is 0.0858. The predicted molar refractivity (Wildman–Crippen MR) is 166 cm³/mol. The van der Waals surface area contributed by atoms with Crippen LogP contribution in [0.3, 0.4) is 0 Å². The van der Waals surface area contributed by atoms with Crippen molar-refractivity contribution >= 4 is 27.5 Å². The first-order valence-corrected chi connectivity index (χ1v) is 15.9. The molecule has 1 unspecified atom stereocenters. The van der Waals surface area contributed by atoms with Gasteiger partial charge in [-0.25, -0.2) is 8.42 Å². The van der Waals surface area contributed by atoms with E-state index in [1.54, 1.807) is 4.90 Å². The van der Waals surface area contributed by atoms with E-state index in [0.717, 1.165) is 27.8 Å². The lowest BCUT2D eigenvalue weighted by Gasteiger charge is -2.33. The van der Waals surface area contributed by atoms with E-state index in [0.29, 0.717) is 18.5 Å². The summed E-state index contributed by atoms with van der Waals surface area (Å²) in [5, 5.41) is 3.00. The molecule has 3 rings (SSSR count). The Morgan fingerprint density at radius 2 is 1.49 bits per heavy atom. The van der Waals surface area contributed by atoms with Gasteiger partial charge in [0.25, 0.3) is 0 Å². The average molecular weight is 578 g/mol. The van der Waals surface area contributed by atoms with Crippen molar-refractivity contribution < 1.29 is 18.0 Å². The first-order chi connectivity index (χ1) is 19.3. The molecule has 1 atom stereocenters. The molecule has 3 aromatic rings. The maximum Gasteiger partial charge on any atom is 0.243 e.